The number of carbonyl (C=O) groups is 1. The molecule has 0 aromatic carbocycles. The molecule has 1 amide bonds. The highest BCUT2D eigenvalue weighted by Gasteiger charge is 2.38. The summed E-state index contributed by atoms with van der Waals surface area (Å²) in [7, 11) is 0. The fraction of sp³-hybridized carbons (Fsp3) is 0.545. The van der Waals surface area contributed by atoms with Crippen LogP contribution in [0.2, 0.25) is 0 Å². The highest BCUT2D eigenvalue weighted by Crippen LogP contribution is 2.37. The Morgan fingerprint density at radius 2 is 2.23 bits per heavy atom. The van der Waals surface area contributed by atoms with Crippen LogP contribution in [0.5, 0.6) is 0 Å². The summed E-state index contributed by atoms with van der Waals surface area (Å²) < 4.78 is 0. The van der Waals surface area contributed by atoms with Gasteiger partial charge in [0.2, 0.25) is 5.91 Å². The third kappa shape index (κ3) is 4.65. The van der Waals surface area contributed by atoms with Crippen LogP contribution in [-0.4, -0.2) is 63.2 Å². The number of hydrogen-bond donors (Lipinski definition) is 2. The molecule has 1 aliphatic heterocycles. The Morgan fingerprint density at radius 3 is 2.90 bits per heavy atom. The normalized spacial score (nSPS) is 24.7. The van der Waals surface area contributed by atoms with E-state index in [1.165, 1.54) is 6.08 Å². The van der Waals surface area contributed by atoms with Crippen molar-refractivity contribution in [1.82, 2.24) is 19.9 Å². The van der Waals surface area contributed by atoms with Gasteiger partial charge in [0.25, 0.3) is 0 Å². The van der Waals surface area contributed by atoms with Crippen molar-refractivity contribution >= 4 is 29.1 Å². The Morgan fingerprint density at radius 1 is 1.42 bits per heavy atom. The second kappa shape index (κ2) is 8.95. The maximum Gasteiger partial charge on any atom is 0.245 e. The summed E-state index contributed by atoms with van der Waals surface area (Å²) in [5, 5.41) is 6.85. The Kier molecular flexibility index (Phi) is 6.11. The Bertz CT molecular complexity index is 993. The molecule has 2 atom stereocenters. The predicted octanol–water partition coefficient (Wildman–Crippen LogP) is 3.29. The van der Waals surface area contributed by atoms with Gasteiger partial charge in [0.15, 0.2) is 5.65 Å². The number of rotatable bonds is 7. The van der Waals surface area contributed by atoms with Gasteiger partial charge in [-0.15, -0.1) is 0 Å². The fourth-order valence-electron chi connectivity index (χ4n) is 4.60. The molecule has 2 aliphatic rings. The van der Waals surface area contributed by atoms with Crippen LogP contribution in [0.4, 0.5) is 5.82 Å². The molecule has 9 heteroatoms. The van der Waals surface area contributed by atoms with Crippen molar-refractivity contribution in [3.63, 3.8) is 0 Å². The van der Waals surface area contributed by atoms with Crippen molar-refractivity contribution in [2.24, 2.45) is 16.1 Å². The Labute approximate surface area is 181 Å². The van der Waals surface area contributed by atoms with Crippen molar-refractivity contribution < 1.29 is 4.79 Å². The minimum atomic E-state index is -0.567. The van der Waals surface area contributed by atoms with E-state index < -0.39 is 5.54 Å². The van der Waals surface area contributed by atoms with Gasteiger partial charge in [0, 0.05) is 37.1 Å². The van der Waals surface area contributed by atoms with Gasteiger partial charge in [-0.25, -0.2) is 9.97 Å². The highest BCUT2D eigenvalue weighted by atomic mass is 16.3. The molecule has 1 saturated carbocycles. The van der Waals surface area contributed by atoms with Gasteiger partial charge in [-0.2, -0.15) is 4.91 Å². The minimum Gasteiger partial charge on any atom is -0.366 e. The number of anilines is 1. The van der Waals surface area contributed by atoms with Crippen LogP contribution in [0.3, 0.4) is 0 Å². The van der Waals surface area contributed by atoms with Gasteiger partial charge in [0.1, 0.15) is 16.9 Å². The summed E-state index contributed by atoms with van der Waals surface area (Å²) in [6.45, 7) is 7.51. The molecule has 4 rings (SSSR count). The zero-order valence-corrected chi connectivity index (χ0v) is 17.9. The summed E-state index contributed by atoms with van der Waals surface area (Å²) in [4.78, 5) is 41.8. The maximum absolute atomic E-state index is 11.7. The summed E-state index contributed by atoms with van der Waals surface area (Å²) in [6, 6.07) is 0.236. The van der Waals surface area contributed by atoms with E-state index in [9.17, 15) is 9.70 Å². The molecule has 2 unspecified atom stereocenters. The molecule has 0 bridgehead atoms. The highest BCUT2D eigenvalue weighted by molar-refractivity contribution is 5.95. The topological polar surface area (TPSA) is 116 Å². The van der Waals surface area contributed by atoms with E-state index in [4.69, 9.17) is 4.98 Å². The lowest BCUT2D eigenvalue weighted by Crippen LogP contribution is -2.41. The van der Waals surface area contributed by atoms with Gasteiger partial charge >= 0.3 is 0 Å². The number of aliphatic imine (C=N–C) groups is 1. The van der Waals surface area contributed by atoms with Gasteiger partial charge in [-0.3, -0.25) is 9.79 Å². The standard InChI is InChI=1S/C22H29N7O2/c1-3-19(30)29-8-5-17(6-9-29)26-18-13-25-21-20(27-18)16(12-24-21)11-23-14-22(28-31)7-4-15(2)10-22/h3,11-13,15,17H,1,4-10,14H2,2H3,(H,24,25)(H,26,27)/b23-11+. The number of hydrogen-bond acceptors (Lipinski definition) is 7. The first-order valence-electron chi connectivity index (χ1n) is 10.9. The molecule has 2 aromatic rings. The van der Waals surface area contributed by atoms with Crippen LogP contribution < -0.4 is 5.32 Å². The molecule has 9 nitrogen and oxygen atoms in total. The molecule has 3 heterocycles. The number of fused-ring (bicyclic) bond motifs is 1. The molecule has 1 saturated heterocycles. The van der Waals surface area contributed by atoms with Crippen LogP contribution in [0.1, 0.15) is 44.6 Å². The van der Waals surface area contributed by atoms with Crippen LogP contribution in [0, 0.1) is 10.8 Å². The number of nitrogens with one attached hydrogen (secondary N) is 2. The number of carbonyl (C=O) groups excluding carboxylic acids is 1. The monoisotopic (exact) mass is 423 g/mol. The van der Waals surface area contributed by atoms with Crippen molar-refractivity contribution in [2.45, 2.75) is 50.6 Å². The lowest BCUT2D eigenvalue weighted by molar-refractivity contribution is -0.126. The number of nitroso groups, excluding NO2 is 1. The average Bonchev–Trinajstić information content (AvgIpc) is 3.37. The van der Waals surface area contributed by atoms with Crippen LogP contribution >= 0.6 is 0 Å². The summed E-state index contributed by atoms with van der Waals surface area (Å²) in [5.74, 6) is 1.20. The predicted molar refractivity (Wildman–Crippen MR) is 121 cm³/mol. The summed E-state index contributed by atoms with van der Waals surface area (Å²) >= 11 is 0. The third-order valence-corrected chi connectivity index (χ3v) is 6.38. The first-order chi connectivity index (χ1) is 15.0. The Hall–Kier alpha value is -3.10. The quantitative estimate of drug-likeness (QED) is 0.403. The van der Waals surface area contributed by atoms with E-state index in [1.54, 1.807) is 12.4 Å². The molecule has 31 heavy (non-hydrogen) atoms. The summed E-state index contributed by atoms with van der Waals surface area (Å²) in [5.41, 5.74) is 1.70. The summed E-state index contributed by atoms with van der Waals surface area (Å²) in [6.07, 6.45) is 11.0. The van der Waals surface area contributed by atoms with E-state index in [0.29, 0.717) is 37.0 Å². The smallest absolute Gasteiger partial charge is 0.245 e. The van der Waals surface area contributed by atoms with E-state index in [0.717, 1.165) is 43.2 Å². The zero-order chi connectivity index (χ0) is 21.8. The molecule has 2 fully saturated rings. The third-order valence-electron chi connectivity index (χ3n) is 6.38. The SMILES string of the molecule is C=CC(=O)N1CCC(Nc2cnc3[nH]cc(/C=N/CC4(N=O)CCC(C)C4)c3n2)CC1. The maximum atomic E-state index is 11.7. The van der Waals surface area contributed by atoms with E-state index >= 15 is 0 Å². The minimum absolute atomic E-state index is 0.0190. The van der Waals surface area contributed by atoms with Crippen molar-refractivity contribution in [2.75, 3.05) is 25.0 Å². The Balaban J connectivity index is 1.41. The molecule has 0 spiro atoms. The van der Waals surface area contributed by atoms with E-state index in [2.05, 4.69) is 39.0 Å². The lowest BCUT2D eigenvalue weighted by atomic mass is 9.98. The van der Waals surface area contributed by atoms with Crippen molar-refractivity contribution in [3.8, 4) is 0 Å². The number of H-pyrrole nitrogens is 1. The van der Waals surface area contributed by atoms with Crippen LogP contribution in [-0.2, 0) is 4.79 Å². The molecule has 1 aliphatic carbocycles. The van der Waals surface area contributed by atoms with E-state index in [-0.39, 0.29) is 11.9 Å². The van der Waals surface area contributed by atoms with Gasteiger partial charge in [-0.1, -0.05) is 18.7 Å². The fourth-order valence-corrected chi connectivity index (χ4v) is 4.60. The van der Waals surface area contributed by atoms with Crippen molar-refractivity contribution in [3.05, 3.63) is 35.5 Å². The number of piperidine rings is 1. The zero-order valence-electron chi connectivity index (χ0n) is 17.9. The average molecular weight is 424 g/mol. The first kappa shape index (κ1) is 21.1. The van der Waals surface area contributed by atoms with Gasteiger partial charge < -0.3 is 15.2 Å². The molecule has 2 N–H and O–H groups in total. The van der Waals surface area contributed by atoms with Crippen LogP contribution in [0.25, 0.3) is 11.2 Å². The van der Waals surface area contributed by atoms with Gasteiger partial charge in [-0.05, 0) is 44.1 Å². The van der Waals surface area contributed by atoms with Crippen LogP contribution in [0.15, 0.2) is 35.2 Å². The molecule has 0 radical (unpaired) electrons. The number of aromatic amines is 1. The van der Waals surface area contributed by atoms with E-state index in [1.807, 2.05) is 11.1 Å². The first-order valence-corrected chi connectivity index (χ1v) is 10.9. The molecule has 164 valence electrons. The lowest BCUT2D eigenvalue weighted by Gasteiger charge is -2.31. The number of nitrogens with zero attached hydrogens (tertiary/aromatic N) is 5. The number of likely N-dealkylation sites (tertiary alicyclic amines) is 1. The number of aromatic nitrogens is 3. The molecular weight excluding hydrogens is 394 g/mol. The van der Waals surface area contributed by atoms with Crippen molar-refractivity contribution in [1.29, 1.82) is 0 Å². The molecule has 2 aromatic heterocycles. The largest absolute Gasteiger partial charge is 0.366 e. The second-order valence-electron chi connectivity index (χ2n) is 8.78. The number of amides is 1. The molecular formula is C22H29N7O2. The van der Waals surface area contributed by atoms with Gasteiger partial charge in [0.05, 0.1) is 12.7 Å². The second-order valence-corrected chi connectivity index (χ2v) is 8.78.